The summed E-state index contributed by atoms with van der Waals surface area (Å²) < 4.78 is 2.51. The summed E-state index contributed by atoms with van der Waals surface area (Å²) in [5.74, 6) is 2.14. The normalized spacial score (nSPS) is 13.9. The lowest BCUT2D eigenvalue weighted by Gasteiger charge is -2.15. The second-order valence-electron chi connectivity index (χ2n) is 7.97. The molecular weight excluding hydrogens is 304 g/mol. The molecule has 1 aromatic heterocycles. The van der Waals surface area contributed by atoms with E-state index < -0.39 is 0 Å². The summed E-state index contributed by atoms with van der Waals surface area (Å²) in [4.78, 5) is 3.52. The van der Waals surface area contributed by atoms with Gasteiger partial charge in [-0.25, -0.2) is 9.55 Å². The summed E-state index contributed by atoms with van der Waals surface area (Å²) in [5, 5.41) is 0. The Hall–Kier alpha value is -0.790. The quantitative estimate of drug-likeness (QED) is 0.236. The maximum absolute atomic E-state index is 3.52. The fraction of sp³-hybridized carbons (Fsp3) is 0.870. The van der Waals surface area contributed by atoms with E-state index in [9.17, 15) is 0 Å². The van der Waals surface area contributed by atoms with Crippen molar-refractivity contribution in [3.8, 4) is 0 Å². The van der Waals surface area contributed by atoms with Crippen molar-refractivity contribution in [3.05, 3.63) is 18.2 Å². The minimum absolute atomic E-state index is 0.626. The summed E-state index contributed by atoms with van der Waals surface area (Å²) in [7, 11) is 0. The Morgan fingerprint density at radius 2 is 1.40 bits per heavy atom. The molecule has 0 fully saturated rings. The van der Waals surface area contributed by atoms with E-state index in [0.717, 1.165) is 0 Å². The first kappa shape index (κ1) is 22.3. The Labute approximate surface area is 157 Å². The highest BCUT2D eigenvalue weighted by Gasteiger charge is 2.23. The van der Waals surface area contributed by atoms with E-state index >= 15 is 0 Å². The molecule has 0 aromatic carbocycles. The first-order valence-corrected chi connectivity index (χ1v) is 11.3. The molecule has 25 heavy (non-hydrogen) atoms. The molecule has 0 bridgehead atoms. The van der Waals surface area contributed by atoms with Crippen molar-refractivity contribution in [2.75, 3.05) is 0 Å². The van der Waals surface area contributed by atoms with Crippen molar-refractivity contribution in [2.24, 2.45) is 0 Å². The number of hydrogen-bond donors (Lipinski definition) is 1. The number of imidazole rings is 1. The van der Waals surface area contributed by atoms with E-state index in [1.165, 1.54) is 95.7 Å². The van der Waals surface area contributed by atoms with Gasteiger partial charge in [0.1, 0.15) is 12.4 Å². The van der Waals surface area contributed by atoms with Crippen LogP contribution >= 0.6 is 0 Å². The maximum Gasteiger partial charge on any atom is 0.257 e. The zero-order valence-corrected chi connectivity index (χ0v) is 17.7. The third-order valence-corrected chi connectivity index (χ3v) is 5.71. The Balaban J connectivity index is 2.18. The maximum atomic E-state index is 3.52. The SMILES string of the molecule is CCCCCCCCCCCCC(C)[n+]1cc[nH]c1C(CC)CCC. The van der Waals surface area contributed by atoms with Gasteiger partial charge in [0.15, 0.2) is 0 Å². The fourth-order valence-corrected chi connectivity index (χ4v) is 4.02. The van der Waals surface area contributed by atoms with E-state index in [-0.39, 0.29) is 0 Å². The van der Waals surface area contributed by atoms with Crippen molar-refractivity contribution in [1.82, 2.24) is 4.98 Å². The van der Waals surface area contributed by atoms with Gasteiger partial charge >= 0.3 is 0 Å². The standard InChI is InChI=1S/C23H44N2/c1-5-8-9-10-11-12-13-14-15-16-18-21(4)25-20-19-24-23(25)22(7-3)17-6-2/h19-22H,5-18H2,1-4H3/p+1. The van der Waals surface area contributed by atoms with Crippen molar-refractivity contribution < 1.29 is 4.57 Å². The molecule has 2 unspecified atom stereocenters. The second kappa shape index (κ2) is 14.4. The summed E-state index contributed by atoms with van der Waals surface area (Å²) in [5.41, 5.74) is 0. The third-order valence-electron chi connectivity index (χ3n) is 5.71. The molecule has 1 heterocycles. The van der Waals surface area contributed by atoms with Crippen molar-refractivity contribution in [1.29, 1.82) is 0 Å². The zero-order chi connectivity index (χ0) is 18.3. The van der Waals surface area contributed by atoms with Gasteiger partial charge in [0.25, 0.3) is 5.82 Å². The van der Waals surface area contributed by atoms with Crippen molar-refractivity contribution in [3.63, 3.8) is 0 Å². The van der Waals surface area contributed by atoms with Crippen LogP contribution in [-0.2, 0) is 0 Å². The van der Waals surface area contributed by atoms with Crippen LogP contribution in [-0.4, -0.2) is 4.98 Å². The smallest absolute Gasteiger partial charge is 0.247 e. The lowest BCUT2D eigenvalue weighted by molar-refractivity contribution is -0.727. The van der Waals surface area contributed by atoms with Crippen LogP contribution in [0, 0.1) is 0 Å². The molecule has 0 spiro atoms. The van der Waals surface area contributed by atoms with E-state index in [0.29, 0.717) is 12.0 Å². The number of aromatic nitrogens is 2. The van der Waals surface area contributed by atoms with Crippen LogP contribution in [0.25, 0.3) is 0 Å². The lowest BCUT2D eigenvalue weighted by atomic mass is 9.99. The van der Waals surface area contributed by atoms with Gasteiger partial charge in [-0.3, -0.25) is 0 Å². The average Bonchev–Trinajstić information content (AvgIpc) is 3.10. The molecule has 2 heteroatoms. The molecular formula is C23H45N2+. The highest BCUT2D eigenvalue weighted by molar-refractivity contribution is 4.89. The number of H-pyrrole nitrogens is 1. The van der Waals surface area contributed by atoms with Gasteiger partial charge in [-0.1, -0.05) is 85.0 Å². The van der Waals surface area contributed by atoms with Crippen LogP contribution in [0.1, 0.15) is 135 Å². The highest BCUT2D eigenvalue weighted by atomic mass is 15.1. The van der Waals surface area contributed by atoms with Gasteiger partial charge in [0, 0.05) is 0 Å². The topological polar surface area (TPSA) is 19.7 Å². The molecule has 146 valence electrons. The third kappa shape index (κ3) is 8.92. The van der Waals surface area contributed by atoms with Crippen LogP contribution in [0.2, 0.25) is 0 Å². The molecule has 0 radical (unpaired) electrons. The molecule has 0 aliphatic rings. The van der Waals surface area contributed by atoms with Gasteiger partial charge in [0.2, 0.25) is 0 Å². The number of nitrogens with zero attached hydrogens (tertiary/aromatic N) is 1. The predicted octanol–water partition coefficient (Wildman–Crippen LogP) is 7.47. The van der Waals surface area contributed by atoms with Gasteiger partial charge in [-0.15, -0.1) is 0 Å². The Morgan fingerprint density at radius 1 is 0.800 bits per heavy atom. The van der Waals surface area contributed by atoms with Crippen LogP contribution in [0.4, 0.5) is 0 Å². The van der Waals surface area contributed by atoms with Gasteiger partial charge in [0.05, 0.1) is 12.0 Å². The molecule has 1 N–H and O–H groups in total. The molecule has 2 nitrogen and oxygen atoms in total. The number of unbranched alkanes of at least 4 members (excludes halogenated alkanes) is 9. The van der Waals surface area contributed by atoms with E-state index in [2.05, 4.69) is 49.6 Å². The summed E-state index contributed by atoms with van der Waals surface area (Å²) in [6.07, 6.45) is 23.7. The van der Waals surface area contributed by atoms with Crippen LogP contribution in [0.15, 0.2) is 12.4 Å². The largest absolute Gasteiger partial charge is 0.257 e. The lowest BCUT2D eigenvalue weighted by Crippen LogP contribution is -2.41. The van der Waals surface area contributed by atoms with Crippen LogP contribution < -0.4 is 4.57 Å². The Morgan fingerprint density at radius 3 is 1.96 bits per heavy atom. The molecule has 0 aliphatic heterocycles. The minimum Gasteiger partial charge on any atom is -0.247 e. The molecule has 1 aromatic rings. The van der Waals surface area contributed by atoms with Gasteiger partial charge in [-0.2, -0.15) is 0 Å². The number of hydrogen-bond acceptors (Lipinski definition) is 0. The molecule has 0 aliphatic carbocycles. The first-order valence-electron chi connectivity index (χ1n) is 11.3. The predicted molar refractivity (Wildman–Crippen MR) is 110 cm³/mol. The number of rotatable bonds is 16. The summed E-state index contributed by atoms with van der Waals surface area (Å²) in [6, 6.07) is 0.626. The monoisotopic (exact) mass is 349 g/mol. The number of nitrogens with one attached hydrogen (secondary N) is 1. The summed E-state index contributed by atoms with van der Waals surface area (Å²) >= 11 is 0. The fourth-order valence-electron chi connectivity index (χ4n) is 4.02. The summed E-state index contributed by atoms with van der Waals surface area (Å²) in [6.45, 7) is 9.30. The minimum atomic E-state index is 0.626. The Kier molecular flexibility index (Phi) is 12.8. The van der Waals surface area contributed by atoms with Crippen molar-refractivity contribution in [2.45, 2.75) is 130 Å². The van der Waals surface area contributed by atoms with Gasteiger partial charge in [-0.05, 0) is 32.6 Å². The molecule has 0 saturated heterocycles. The Bertz CT molecular complexity index is 410. The second-order valence-corrected chi connectivity index (χ2v) is 7.97. The van der Waals surface area contributed by atoms with Gasteiger partial charge < -0.3 is 0 Å². The zero-order valence-electron chi connectivity index (χ0n) is 17.7. The molecule has 1 rings (SSSR count). The van der Waals surface area contributed by atoms with Crippen molar-refractivity contribution >= 4 is 0 Å². The van der Waals surface area contributed by atoms with E-state index in [1.807, 2.05) is 0 Å². The molecule has 0 amide bonds. The van der Waals surface area contributed by atoms with E-state index in [4.69, 9.17) is 0 Å². The molecule has 2 atom stereocenters. The molecule has 0 saturated carbocycles. The highest BCUT2D eigenvalue weighted by Crippen LogP contribution is 2.22. The average molecular weight is 350 g/mol. The van der Waals surface area contributed by atoms with Crippen LogP contribution in [0.3, 0.4) is 0 Å². The first-order chi connectivity index (χ1) is 12.2. The van der Waals surface area contributed by atoms with Crippen LogP contribution in [0.5, 0.6) is 0 Å². The number of aromatic amines is 1. The van der Waals surface area contributed by atoms with E-state index in [1.54, 1.807) is 0 Å².